The van der Waals surface area contributed by atoms with E-state index in [1.54, 1.807) is 0 Å². The molecule has 0 saturated carbocycles. The Morgan fingerprint density at radius 2 is 1.86 bits per heavy atom. The van der Waals surface area contributed by atoms with Gasteiger partial charge >= 0.3 is 0 Å². The van der Waals surface area contributed by atoms with Crippen LogP contribution in [0.25, 0.3) is 0 Å². The molecular weight excluding hydrogens is 262 g/mol. The third-order valence-corrected chi connectivity index (χ3v) is 4.49. The molecular formula is C16H25N5. The third kappa shape index (κ3) is 3.45. The van der Waals surface area contributed by atoms with Gasteiger partial charge < -0.3 is 4.90 Å². The van der Waals surface area contributed by atoms with Crippen molar-refractivity contribution in [2.45, 2.75) is 39.8 Å². The van der Waals surface area contributed by atoms with Crippen molar-refractivity contribution in [1.82, 2.24) is 19.6 Å². The van der Waals surface area contributed by atoms with Gasteiger partial charge in [-0.15, -0.1) is 0 Å². The summed E-state index contributed by atoms with van der Waals surface area (Å²) in [6.07, 6.45) is 2.71. The lowest BCUT2D eigenvalue weighted by Crippen LogP contribution is -2.44. The summed E-state index contributed by atoms with van der Waals surface area (Å²) < 4.78 is 1.99. The first kappa shape index (κ1) is 14.6. The minimum absolute atomic E-state index is 0.310. The number of rotatable bonds is 4. The van der Waals surface area contributed by atoms with Crippen molar-refractivity contribution in [3.05, 3.63) is 17.5 Å². The predicted molar refractivity (Wildman–Crippen MR) is 81.7 cm³/mol. The highest BCUT2D eigenvalue weighted by atomic mass is 15.3. The Morgan fingerprint density at radius 1 is 1.14 bits per heavy atom. The van der Waals surface area contributed by atoms with E-state index in [9.17, 15) is 0 Å². The lowest BCUT2D eigenvalue weighted by Gasteiger charge is -2.37. The first-order valence-corrected chi connectivity index (χ1v) is 7.97. The van der Waals surface area contributed by atoms with E-state index in [2.05, 4.69) is 34.8 Å². The average molecular weight is 287 g/mol. The summed E-state index contributed by atoms with van der Waals surface area (Å²) >= 11 is 0. The highest BCUT2D eigenvalue weighted by Gasteiger charge is 2.28. The fourth-order valence-electron chi connectivity index (χ4n) is 3.71. The summed E-state index contributed by atoms with van der Waals surface area (Å²) in [4.78, 5) is 5.11. The number of likely N-dealkylation sites (tertiary alicyclic amines) is 1. The molecule has 0 aromatic carbocycles. The second-order valence-corrected chi connectivity index (χ2v) is 7.21. The zero-order valence-corrected chi connectivity index (χ0v) is 13.2. The molecule has 0 atom stereocenters. The van der Waals surface area contributed by atoms with E-state index in [-0.39, 0.29) is 0 Å². The van der Waals surface area contributed by atoms with Gasteiger partial charge in [0, 0.05) is 26.2 Å². The predicted octanol–water partition coefficient (Wildman–Crippen LogP) is 1.69. The smallest absolute Gasteiger partial charge is 0.162 e. The van der Waals surface area contributed by atoms with Crippen molar-refractivity contribution < 1.29 is 0 Å². The molecule has 5 heteroatoms. The molecule has 114 valence electrons. The van der Waals surface area contributed by atoms with Gasteiger partial charge in [-0.3, -0.25) is 9.58 Å². The quantitative estimate of drug-likeness (QED) is 0.845. The Bertz CT molecular complexity index is 533. The van der Waals surface area contributed by atoms with Crippen molar-refractivity contribution in [2.75, 3.05) is 32.7 Å². The summed E-state index contributed by atoms with van der Waals surface area (Å²) in [6.45, 7) is 12.4. The molecule has 0 aliphatic carbocycles. The van der Waals surface area contributed by atoms with Gasteiger partial charge in [-0.2, -0.15) is 10.4 Å². The van der Waals surface area contributed by atoms with E-state index in [4.69, 9.17) is 5.26 Å². The van der Waals surface area contributed by atoms with Crippen molar-refractivity contribution in [3.8, 4) is 6.07 Å². The molecule has 1 aromatic rings. The molecule has 0 amide bonds. The van der Waals surface area contributed by atoms with E-state index >= 15 is 0 Å². The van der Waals surface area contributed by atoms with E-state index in [1.165, 1.54) is 38.2 Å². The van der Waals surface area contributed by atoms with Crippen LogP contribution in [0, 0.1) is 16.7 Å². The molecule has 1 aromatic heterocycles. The highest BCUT2D eigenvalue weighted by molar-refractivity contribution is 5.23. The first-order valence-electron chi connectivity index (χ1n) is 7.97. The van der Waals surface area contributed by atoms with Gasteiger partial charge in [0.25, 0.3) is 0 Å². The van der Waals surface area contributed by atoms with Gasteiger partial charge in [0.1, 0.15) is 6.07 Å². The lowest BCUT2D eigenvalue weighted by molar-refractivity contribution is 0.111. The molecule has 2 aliphatic rings. The molecule has 0 radical (unpaired) electrons. The van der Waals surface area contributed by atoms with E-state index in [0.717, 1.165) is 26.2 Å². The second kappa shape index (κ2) is 5.78. The van der Waals surface area contributed by atoms with Gasteiger partial charge in [0.05, 0.1) is 12.2 Å². The fourth-order valence-corrected chi connectivity index (χ4v) is 3.71. The molecule has 3 rings (SSSR count). The molecule has 1 fully saturated rings. The van der Waals surface area contributed by atoms with Gasteiger partial charge in [-0.25, -0.2) is 0 Å². The SMILES string of the molecule is CC(C)(CN1CCCC1)CN1CCn2nc(C#N)cc2C1. The molecule has 0 bridgehead atoms. The van der Waals surface area contributed by atoms with Gasteiger partial charge in [-0.05, 0) is 37.4 Å². The summed E-state index contributed by atoms with van der Waals surface area (Å²) in [5.41, 5.74) is 2.03. The zero-order valence-electron chi connectivity index (χ0n) is 13.2. The van der Waals surface area contributed by atoms with E-state index in [0.29, 0.717) is 11.1 Å². The largest absolute Gasteiger partial charge is 0.303 e. The van der Waals surface area contributed by atoms with Crippen molar-refractivity contribution in [2.24, 2.45) is 5.41 Å². The topological polar surface area (TPSA) is 48.1 Å². The maximum atomic E-state index is 8.95. The molecule has 0 unspecified atom stereocenters. The second-order valence-electron chi connectivity index (χ2n) is 7.21. The summed E-state index contributed by atoms with van der Waals surface area (Å²) in [7, 11) is 0. The van der Waals surface area contributed by atoms with Crippen molar-refractivity contribution in [1.29, 1.82) is 5.26 Å². The monoisotopic (exact) mass is 287 g/mol. The Hall–Kier alpha value is -1.38. The average Bonchev–Trinajstić information content (AvgIpc) is 3.05. The van der Waals surface area contributed by atoms with Crippen LogP contribution in [-0.4, -0.2) is 52.3 Å². The van der Waals surface area contributed by atoms with Crippen LogP contribution in [-0.2, 0) is 13.1 Å². The molecule has 21 heavy (non-hydrogen) atoms. The summed E-state index contributed by atoms with van der Waals surface area (Å²) in [5, 5.41) is 13.3. The van der Waals surface area contributed by atoms with Crippen molar-refractivity contribution >= 4 is 0 Å². The fraction of sp³-hybridized carbons (Fsp3) is 0.750. The summed E-state index contributed by atoms with van der Waals surface area (Å²) in [6, 6.07) is 4.07. The Morgan fingerprint density at radius 3 is 2.57 bits per heavy atom. The Balaban J connectivity index is 1.59. The minimum atomic E-state index is 0.310. The standard InChI is InChI=1S/C16H25N5/c1-16(2,12-19-5-3-4-6-19)13-20-7-8-21-15(11-20)9-14(10-17)18-21/h9H,3-8,11-13H2,1-2H3. The number of hydrogen-bond donors (Lipinski definition) is 0. The number of hydrogen-bond acceptors (Lipinski definition) is 4. The number of nitrogens with zero attached hydrogens (tertiary/aromatic N) is 5. The molecule has 0 spiro atoms. The van der Waals surface area contributed by atoms with Crippen LogP contribution in [0.2, 0.25) is 0 Å². The van der Waals surface area contributed by atoms with Crippen LogP contribution in [0.4, 0.5) is 0 Å². The maximum absolute atomic E-state index is 8.95. The molecule has 2 aliphatic heterocycles. The molecule has 0 N–H and O–H groups in total. The van der Waals surface area contributed by atoms with Crippen LogP contribution in [0.5, 0.6) is 0 Å². The van der Waals surface area contributed by atoms with Crippen LogP contribution in [0.3, 0.4) is 0 Å². The molecule has 3 heterocycles. The lowest BCUT2D eigenvalue weighted by atomic mass is 9.91. The minimum Gasteiger partial charge on any atom is -0.303 e. The number of nitriles is 1. The van der Waals surface area contributed by atoms with Crippen molar-refractivity contribution in [3.63, 3.8) is 0 Å². The first-order chi connectivity index (χ1) is 10.1. The number of aromatic nitrogens is 2. The van der Waals surface area contributed by atoms with Gasteiger partial charge in [-0.1, -0.05) is 13.8 Å². The third-order valence-electron chi connectivity index (χ3n) is 4.49. The van der Waals surface area contributed by atoms with E-state index in [1.807, 2.05) is 10.7 Å². The van der Waals surface area contributed by atoms with Crippen LogP contribution < -0.4 is 0 Å². The van der Waals surface area contributed by atoms with Gasteiger partial charge in [0.2, 0.25) is 0 Å². The van der Waals surface area contributed by atoms with Crippen LogP contribution in [0.15, 0.2) is 6.07 Å². The molecule has 1 saturated heterocycles. The van der Waals surface area contributed by atoms with Crippen LogP contribution in [0.1, 0.15) is 38.1 Å². The van der Waals surface area contributed by atoms with Gasteiger partial charge in [0.15, 0.2) is 5.69 Å². The van der Waals surface area contributed by atoms with Crippen LogP contribution >= 0.6 is 0 Å². The maximum Gasteiger partial charge on any atom is 0.162 e. The normalized spacial score (nSPS) is 20.4. The zero-order chi connectivity index (χ0) is 14.9. The molecule has 5 nitrogen and oxygen atoms in total. The Kier molecular flexibility index (Phi) is 4.01. The Labute approximate surface area is 127 Å². The summed E-state index contributed by atoms with van der Waals surface area (Å²) in [5.74, 6) is 0. The highest BCUT2D eigenvalue weighted by Crippen LogP contribution is 2.24. The van der Waals surface area contributed by atoms with E-state index < -0.39 is 0 Å². The number of fused-ring (bicyclic) bond motifs is 1.